The molecule has 2 aromatic carbocycles. The van der Waals surface area contributed by atoms with Crippen LogP contribution in [0.15, 0.2) is 48.0 Å². The van der Waals surface area contributed by atoms with E-state index in [2.05, 4.69) is 5.32 Å². The molecule has 0 heterocycles. The van der Waals surface area contributed by atoms with Crippen LogP contribution in [0.5, 0.6) is 0 Å². The summed E-state index contributed by atoms with van der Waals surface area (Å²) in [5.41, 5.74) is -1.39. The van der Waals surface area contributed by atoms with E-state index in [9.17, 15) is 23.6 Å². The first-order valence-electron chi connectivity index (χ1n) is 7.71. The van der Waals surface area contributed by atoms with Crippen molar-refractivity contribution in [2.24, 2.45) is 0 Å². The van der Waals surface area contributed by atoms with Gasteiger partial charge in [-0.05, 0) is 36.8 Å². The second-order valence-electron chi connectivity index (χ2n) is 5.14. The molecule has 0 aliphatic rings. The fourth-order valence-electron chi connectivity index (χ4n) is 2.19. The van der Waals surface area contributed by atoms with Gasteiger partial charge in [0.05, 0.1) is 12.3 Å². The number of ether oxygens (including phenoxy) is 1. The number of esters is 1. The van der Waals surface area contributed by atoms with Gasteiger partial charge in [0.1, 0.15) is 23.3 Å². The molecule has 1 N–H and O–H groups in total. The van der Waals surface area contributed by atoms with Gasteiger partial charge >= 0.3 is 5.97 Å². The summed E-state index contributed by atoms with van der Waals surface area (Å²) in [6.45, 7) is 1.54. The van der Waals surface area contributed by atoms with Crippen molar-refractivity contribution in [2.75, 3.05) is 6.61 Å². The molecule has 2 rings (SSSR count). The van der Waals surface area contributed by atoms with Gasteiger partial charge in [0.2, 0.25) is 0 Å². The molecule has 27 heavy (non-hydrogen) atoms. The van der Waals surface area contributed by atoms with Gasteiger partial charge in [0, 0.05) is 5.02 Å². The monoisotopic (exact) mass is 390 g/mol. The summed E-state index contributed by atoms with van der Waals surface area (Å²) in [6.07, 6.45) is 0. The number of rotatable bonds is 5. The van der Waals surface area contributed by atoms with E-state index in [1.807, 2.05) is 0 Å². The molecule has 0 fully saturated rings. The van der Waals surface area contributed by atoms with Gasteiger partial charge in [-0.25, -0.2) is 13.6 Å². The Morgan fingerprint density at radius 1 is 1.15 bits per heavy atom. The SMILES string of the molecule is CCOC(=O)/C(C#N)=C(\NC(=O)c1c(F)cccc1F)c1ccc(Cl)cc1. The van der Waals surface area contributed by atoms with Crippen molar-refractivity contribution in [1.82, 2.24) is 5.32 Å². The minimum absolute atomic E-state index is 0.00615. The van der Waals surface area contributed by atoms with Crippen LogP contribution in [-0.2, 0) is 9.53 Å². The van der Waals surface area contributed by atoms with E-state index in [0.29, 0.717) is 5.02 Å². The van der Waals surface area contributed by atoms with Crippen molar-refractivity contribution in [3.05, 3.63) is 75.8 Å². The van der Waals surface area contributed by atoms with Crippen LogP contribution in [0.1, 0.15) is 22.8 Å². The number of benzene rings is 2. The molecule has 0 unspecified atom stereocenters. The van der Waals surface area contributed by atoms with Gasteiger partial charge in [0.25, 0.3) is 5.91 Å². The lowest BCUT2D eigenvalue weighted by molar-refractivity contribution is -0.137. The zero-order chi connectivity index (χ0) is 20.0. The summed E-state index contributed by atoms with van der Waals surface area (Å²) < 4.78 is 32.6. The number of nitrogens with zero attached hydrogens (tertiary/aromatic N) is 1. The van der Waals surface area contributed by atoms with Crippen molar-refractivity contribution < 1.29 is 23.1 Å². The molecule has 0 radical (unpaired) electrons. The first-order valence-corrected chi connectivity index (χ1v) is 8.09. The van der Waals surface area contributed by atoms with Gasteiger partial charge < -0.3 is 10.1 Å². The summed E-state index contributed by atoms with van der Waals surface area (Å²) in [5, 5.41) is 12.0. The van der Waals surface area contributed by atoms with E-state index in [-0.39, 0.29) is 17.9 Å². The minimum Gasteiger partial charge on any atom is -0.462 e. The Hall–Kier alpha value is -3.24. The Balaban J connectivity index is 2.56. The maximum atomic E-state index is 13.9. The van der Waals surface area contributed by atoms with E-state index in [4.69, 9.17) is 16.3 Å². The van der Waals surface area contributed by atoms with Crippen molar-refractivity contribution in [3.63, 3.8) is 0 Å². The Kier molecular flexibility index (Phi) is 6.63. The molecule has 8 heteroatoms. The molecule has 0 aliphatic carbocycles. The number of halogens is 3. The summed E-state index contributed by atoms with van der Waals surface area (Å²) in [4.78, 5) is 24.5. The van der Waals surface area contributed by atoms with Gasteiger partial charge in [-0.1, -0.05) is 29.8 Å². The topological polar surface area (TPSA) is 79.2 Å². The van der Waals surface area contributed by atoms with Crippen LogP contribution in [0, 0.1) is 23.0 Å². The van der Waals surface area contributed by atoms with E-state index >= 15 is 0 Å². The molecular formula is C19H13ClF2N2O3. The average molecular weight is 391 g/mol. The van der Waals surface area contributed by atoms with Crippen molar-refractivity contribution in [1.29, 1.82) is 5.26 Å². The molecule has 0 atom stereocenters. The average Bonchev–Trinajstić information content (AvgIpc) is 2.62. The third-order valence-corrected chi connectivity index (χ3v) is 3.65. The smallest absolute Gasteiger partial charge is 0.351 e. The summed E-state index contributed by atoms with van der Waals surface area (Å²) in [6, 6.07) is 10.4. The largest absolute Gasteiger partial charge is 0.462 e. The van der Waals surface area contributed by atoms with Crippen LogP contribution >= 0.6 is 11.6 Å². The number of hydrogen-bond acceptors (Lipinski definition) is 4. The van der Waals surface area contributed by atoms with E-state index in [0.717, 1.165) is 18.2 Å². The number of nitrogens with one attached hydrogen (secondary N) is 1. The molecule has 2 aromatic rings. The van der Waals surface area contributed by atoms with Crippen LogP contribution in [-0.4, -0.2) is 18.5 Å². The quantitative estimate of drug-likeness (QED) is 0.478. The van der Waals surface area contributed by atoms with Gasteiger partial charge in [-0.15, -0.1) is 0 Å². The standard InChI is InChI=1S/C19H13ClF2N2O3/c1-2-27-19(26)13(10-23)17(11-6-8-12(20)9-7-11)24-18(25)16-14(21)4-3-5-15(16)22/h3-9H,2H2,1H3,(H,24,25)/b17-13-. The fourth-order valence-corrected chi connectivity index (χ4v) is 2.32. The van der Waals surface area contributed by atoms with Crippen LogP contribution in [0.25, 0.3) is 5.70 Å². The van der Waals surface area contributed by atoms with E-state index in [1.165, 1.54) is 24.3 Å². The summed E-state index contributed by atoms with van der Waals surface area (Å²) >= 11 is 5.83. The van der Waals surface area contributed by atoms with Crippen LogP contribution in [0.3, 0.4) is 0 Å². The Morgan fingerprint density at radius 2 is 1.74 bits per heavy atom. The lowest BCUT2D eigenvalue weighted by atomic mass is 10.1. The van der Waals surface area contributed by atoms with Crippen molar-refractivity contribution >= 4 is 29.2 Å². The van der Waals surface area contributed by atoms with E-state index in [1.54, 1.807) is 13.0 Å². The highest BCUT2D eigenvalue weighted by molar-refractivity contribution is 6.30. The van der Waals surface area contributed by atoms with Gasteiger partial charge in [-0.3, -0.25) is 4.79 Å². The highest BCUT2D eigenvalue weighted by Gasteiger charge is 2.23. The van der Waals surface area contributed by atoms with Crippen LogP contribution < -0.4 is 5.32 Å². The number of hydrogen-bond donors (Lipinski definition) is 1. The molecule has 0 saturated carbocycles. The van der Waals surface area contributed by atoms with Crippen LogP contribution in [0.2, 0.25) is 5.02 Å². The molecule has 0 saturated heterocycles. The summed E-state index contributed by atoms with van der Waals surface area (Å²) in [7, 11) is 0. The maximum Gasteiger partial charge on any atom is 0.351 e. The molecular weight excluding hydrogens is 378 g/mol. The highest BCUT2D eigenvalue weighted by Crippen LogP contribution is 2.21. The van der Waals surface area contributed by atoms with Crippen LogP contribution in [0.4, 0.5) is 8.78 Å². The molecule has 1 amide bonds. The Morgan fingerprint density at radius 3 is 2.26 bits per heavy atom. The number of carbonyl (C=O) groups is 2. The van der Waals surface area contributed by atoms with Gasteiger partial charge in [0.15, 0.2) is 5.57 Å². The lowest BCUT2D eigenvalue weighted by Crippen LogP contribution is -2.27. The third kappa shape index (κ3) is 4.68. The number of carbonyl (C=O) groups excluding carboxylic acids is 2. The van der Waals surface area contributed by atoms with Crippen molar-refractivity contribution in [2.45, 2.75) is 6.92 Å². The fraction of sp³-hybridized carbons (Fsp3) is 0.105. The summed E-state index contributed by atoms with van der Waals surface area (Å²) in [5.74, 6) is -4.32. The molecule has 5 nitrogen and oxygen atoms in total. The zero-order valence-corrected chi connectivity index (χ0v) is 14.8. The molecule has 138 valence electrons. The molecule has 0 spiro atoms. The molecule has 0 aromatic heterocycles. The van der Waals surface area contributed by atoms with Crippen molar-refractivity contribution in [3.8, 4) is 6.07 Å². The maximum absolute atomic E-state index is 13.9. The first-order chi connectivity index (χ1) is 12.9. The third-order valence-electron chi connectivity index (χ3n) is 3.40. The minimum atomic E-state index is -1.16. The Labute approximate surface area is 158 Å². The van der Waals surface area contributed by atoms with Gasteiger partial charge in [-0.2, -0.15) is 5.26 Å². The lowest BCUT2D eigenvalue weighted by Gasteiger charge is -2.13. The second-order valence-corrected chi connectivity index (χ2v) is 5.58. The molecule has 0 aliphatic heterocycles. The van der Waals surface area contributed by atoms with E-state index < -0.39 is 34.6 Å². The highest BCUT2D eigenvalue weighted by atomic mass is 35.5. The Bertz CT molecular complexity index is 930. The number of amides is 1. The zero-order valence-electron chi connectivity index (χ0n) is 14.1. The normalized spacial score (nSPS) is 11.2. The predicted octanol–water partition coefficient (Wildman–Crippen LogP) is 3.85. The molecule has 0 bridgehead atoms. The second kappa shape index (κ2) is 8.92. The first kappa shape index (κ1) is 20.1. The number of nitriles is 1. The predicted molar refractivity (Wildman–Crippen MR) is 94.4 cm³/mol.